The van der Waals surface area contributed by atoms with E-state index in [1.165, 1.54) is 0 Å². The lowest BCUT2D eigenvalue weighted by atomic mass is 10.2. The largest absolute Gasteiger partial charge is 0.491 e. The molecule has 3 unspecified atom stereocenters. The fourth-order valence-corrected chi connectivity index (χ4v) is 3.52. The summed E-state index contributed by atoms with van der Waals surface area (Å²) in [6, 6.07) is 24.9. The Morgan fingerprint density at radius 3 is 1.72 bits per heavy atom. The van der Waals surface area contributed by atoms with Crippen molar-refractivity contribution in [1.82, 2.24) is 0 Å². The van der Waals surface area contributed by atoms with Gasteiger partial charge < -0.3 is 29.1 Å². The Kier molecular flexibility index (Phi) is 9.06. The van der Waals surface area contributed by atoms with Gasteiger partial charge in [0, 0.05) is 18.8 Å². The van der Waals surface area contributed by atoms with Gasteiger partial charge in [0.05, 0.1) is 4.90 Å². The first-order chi connectivity index (χ1) is 15.5. The van der Waals surface area contributed by atoms with Crippen LogP contribution in [0.5, 0.6) is 11.5 Å². The van der Waals surface area contributed by atoms with E-state index >= 15 is 0 Å². The van der Waals surface area contributed by atoms with Crippen molar-refractivity contribution in [2.45, 2.75) is 17.1 Å². The standard InChI is InChI=1S/C24H27NO6S/c26-20(17-30-22-9-3-1-4-10-22)15-25(19-8-7-13-24(14-19)32(28)29)16-21(27)18-31-23-11-5-2-6-12-23/h1-14,20-21,26-27H,15-18H2,(H,28,29). The molecule has 0 radical (unpaired) electrons. The van der Waals surface area contributed by atoms with Crippen LogP contribution >= 0.6 is 0 Å². The van der Waals surface area contributed by atoms with Crippen LogP contribution in [0.3, 0.4) is 0 Å². The van der Waals surface area contributed by atoms with Crippen LogP contribution in [0.15, 0.2) is 89.8 Å². The van der Waals surface area contributed by atoms with Crippen LogP contribution < -0.4 is 14.4 Å². The second-order valence-electron chi connectivity index (χ2n) is 7.21. The first-order valence-electron chi connectivity index (χ1n) is 10.2. The molecule has 0 aliphatic carbocycles. The van der Waals surface area contributed by atoms with Crippen LogP contribution in [-0.2, 0) is 11.1 Å². The van der Waals surface area contributed by atoms with Gasteiger partial charge in [0.15, 0.2) is 11.1 Å². The van der Waals surface area contributed by atoms with Crippen LogP contribution in [0.25, 0.3) is 0 Å². The molecule has 170 valence electrons. The topological polar surface area (TPSA) is 99.5 Å². The van der Waals surface area contributed by atoms with Crippen molar-refractivity contribution in [2.24, 2.45) is 0 Å². The number of rotatable bonds is 12. The second kappa shape index (κ2) is 12.2. The maximum atomic E-state index is 11.5. The van der Waals surface area contributed by atoms with Gasteiger partial charge in [0.2, 0.25) is 0 Å². The van der Waals surface area contributed by atoms with E-state index in [9.17, 15) is 19.0 Å². The minimum Gasteiger partial charge on any atom is -0.491 e. The Morgan fingerprint density at radius 1 is 0.750 bits per heavy atom. The van der Waals surface area contributed by atoms with Crippen LogP contribution in [0, 0.1) is 0 Å². The van der Waals surface area contributed by atoms with Crippen LogP contribution in [-0.4, -0.2) is 57.5 Å². The lowest BCUT2D eigenvalue weighted by Gasteiger charge is -2.29. The fraction of sp³-hybridized carbons (Fsp3) is 0.250. The average molecular weight is 458 g/mol. The maximum Gasteiger partial charge on any atom is 0.186 e. The zero-order valence-corrected chi connectivity index (χ0v) is 18.3. The van der Waals surface area contributed by atoms with E-state index in [4.69, 9.17) is 9.47 Å². The van der Waals surface area contributed by atoms with Crippen molar-refractivity contribution in [1.29, 1.82) is 0 Å². The molecule has 0 saturated carbocycles. The molecule has 3 aromatic carbocycles. The van der Waals surface area contributed by atoms with E-state index in [1.807, 2.05) is 36.4 Å². The highest BCUT2D eigenvalue weighted by Crippen LogP contribution is 2.20. The van der Waals surface area contributed by atoms with Gasteiger partial charge in [-0.1, -0.05) is 42.5 Å². The van der Waals surface area contributed by atoms with Gasteiger partial charge in [-0.3, -0.25) is 0 Å². The molecule has 3 aromatic rings. The van der Waals surface area contributed by atoms with Crippen LogP contribution in [0.2, 0.25) is 0 Å². The summed E-state index contributed by atoms with van der Waals surface area (Å²) in [6.45, 7) is 0.416. The molecule has 3 rings (SSSR count). The molecule has 0 spiro atoms. The molecular formula is C24H27NO6S. The van der Waals surface area contributed by atoms with Crippen molar-refractivity contribution in [3.63, 3.8) is 0 Å². The fourth-order valence-electron chi connectivity index (χ4n) is 3.11. The molecule has 0 saturated heterocycles. The van der Waals surface area contributed by atoms with Crippen molar-refractivity contribution in [3.05, 3.63) is 84.9 Å². The summed E-state index contributed by atoms with van der Waals surface area (Å²) in [5, 5.41) is 21.1. The summed E-state index contributed by atoms with van der Waals surface area (Å²) in [7, 11) is 0. The Morgan fingerprint density at radius 2 is 1.25 bits per heavy atom. The number of benzene rings is 3. The van der Waals surface area contributed by atoms with Gasteiger partial charge in [-0.05, 0) is 42.5 Å². The van der Waals surface area contributed by atoms with Crippen LogP contribution in [0.1, 0.15) is 0 Å². The van der Waals surface area contributed by atoms with E-state index in [0.29, 0.717) is 17.2 Å². The second-order valence-corrected chi connectivity index (χ2v) is 8.18. The number of ether oxygens (including phenoxy) is 2. The smallest absolute Gasteiger partial charge is 0.186 e. The third kappa shape index (κ3) is 7.65. The molecule has 0 aliphatic rings. The zero-order chi connectivity index (χ0) is 22.8. The first-order valence-corrected chi connectivity index (χ1v) is 11.3. The highest BCUT2D eigenvalue weighted by atomic mass is 32.2. The summed E-state index contributed by atoms with van der Waals surface area (Å²) < 4.78 is 32.2. The molecule has 0 fully saturated rings. The van der Waals surface area contributed by atoms with Crippen molar-refractivity contribution in [3.8, 4) is 11.5 Å². The maximum absolute atomic E-state index is 11.5. The van der Waals surface area contributed by atoms with Gasteiger partial charge in [0.1, 0.15) is 36.9 Å². The first kappa shape index (κ1) is 23.7. The number of nitrogens with zero attached hydrogens (tertiary/aromatic N) is 1. The van der Waals surface area contributed by atoms with E-state index in [2.05, 4.69) is 0 Å². The zero-order valence-electron chi connectivity index (χ0n) is 17.5. The van der Waals surface area contributed by atoms with Crippen LogP contribution in [0.4, 0.5) is 5.69 Å². The summed E-state index contributed by atoms with van der Waals surface area (Å²) in [5.41, 5.74) is 0.599. The number of hydrogen-bond acceptors (Lipinski definition) is 6. The lowest BCUT2D eigenvalue weighted by molar-refractivity contribution is 0.0954. The number of para-hydroxylation sites is 2. The van der Waals surface area contributed by atoms with Gasteiger partial charge in [-0.2, -0.15) is 0 Å². The third-order valence-electron chi connectivity index (χ3n) is 4.62. The molecule has 3 atom stereocenters. The number of aliphatic hydroxyl groups excluding tert-OH is 2. The Bertz CT molecular complexity index is 921. The summed E-state index contributed by atoms with van der Waals surface area (Å²) in [6.07, 6.45) is -1.72. The highest BCUT2D eigenvalue weighted by Gasteiger charge is 2.18. The molecule has 0 aliphatic heterocycles. The predicted octanol–water partition coefficient (Wildman–Crippen LogP) is 2.95. The number of anilines is 1. The highest BCUT2D eigenvalue weighted by molar-refractivity contribution is 7.79. The van der Waals surface area contributed by atoms with E-state index in [1.54, 1.807) is 53.4 Å². The molecule has 8 heteroatoms. The van der Waals surface area contributed by atoms with Gasteiger partial charge in [0.25, 0.3) is 0 Å². The summed E-state index contributed by atoms with van der Waals surface area (Å²) >= 11 is -2.14. The molecule has 0 amide bonds. The molecule has 32 heavy (non-hydrogen) atoms. The Balaban J connectivity index is 1.66. The lowest BCUT2D eigenvalue weighted by Crippen LogP contribution is -2.41. The monoisotopic (exact) mass is 457 g/mol. The molecule has 3 N–H and O–H groups in total. The number of aliphatic hydroxyl groups is 2. The molecular weight excluding hydrogens is 430 g/mol. The summed E-state index contributed by atoms with van der Waals surface area (Å²) in [5.74, 6) is 1.29. The molecule has 0 bridgehead atoms. The predicted molar refractivity (Wildman–Crippen MR) is 124 cm³/mol. The van der Waals surface area contributed by atoms with E-state index in [0.717, 1.165) is 0 Å². The Hall–Kier alpha value is -2.91. The summed E-state index contributed by atoms with van der Waals surface area (Å²) in [4.78, 5) is 1.98. The normalized spacial score (nSPS) is 13.7. The van der Waals surface area contributed by atoms with Gasteiger partial charge in [-0.25, -0.2) is 4.21 Å². The van der Waals surface area contributed by atoms with Crippen molar-refractivity contribution >= 4 is 16.8 Å². The Labute approximate surface area is 190 Å². The van der Waals surface area contributed by atoms with Crippen molar-refractivity contribution < 1.29 is 28.4 Å². The molecule has 0 aromatic heterocycles. The van der Waals surface area contributed by atoms with Gasteiger partial charge in [-0.15, -0.1) is 0 Å². The SMILES string of the molecule is O=S(O)c1cccc(N(CC(O)COc2ccccc2)CC(O)COc2ccccc2)c1. The van der Waals surface area contributed by atoms with Crippen molar-refractivity contribution in [2.75, 3.05) is 31.2 Å². The molecule has 0 heterocycles. The van der Waals surface area contributed by atoms with Gasteiger partial charge >= 0.3 is 0 Å². The minimum atomic E-state index is -2.14. The molecule has 7 nitrogen and oxygen atoms in total. The number of hydrogen-bond donors (Lipinski definition) is 3. The average Bonchev–Trinajstić information content (AvgIpc) is 2.82. The van der Waals surface area contributed by atoms with E-state index in [-0.39, 0.29) is 31.2 Å². The van der Waals surface area contributed by atoms with E-state index < -0.39 is 23.3 Å². The minimum absolute atomic E-state index is 0.0583. The third-order valence-corrected chi connectivity index (χ3v) is 5.28. The quantitative estimate of drug-likeness (QED) is 0.360.